The van der Waals surface area contributed by atoms with Gasteiger partial charge in [-0.3, -0.25) is 4.79 Å². The highest BCUT2D eigenvalue weighted by Crippen LogP contribution is 2.26. The Morgan fingerprint density at radius 3 is 2.47 bits per heavy atom. The summed E-state index contributed by atoms with van der Waals surface area (Å²) in [4.78, 5) is 11.8. The summed E-state index contributed by atoms with van der Waals surface area (Å²) in [6, 6.07) is 0.436. The summed E-state index contributed by atoms with van der Waals surface area (Å²) >= 11 is 0. The van der Waals surface area contributed by atoms with E-state index in [-0.39, 0.29) is 11.9 Å². The number of hydrogen-bond donors (Lipinski definition) is 2. The van der Waals surface area contributed by atoms with Crippen LogP contribution >= 0.6 is 0 Å². The lowest BCUT2D eigenvalue weighted by molar-refractivity contribution is -0.122. The van der Waals surface area contributed by atoms with E-state index in [0.717, 1.165) is 31.6 Å². The fourth-order valence-corrected chi connectivity index (χ4v) is 2.71. The van der Waals surface area contributed by atoms with E-state index >= 15 is 0 Å². The lowest BCUT2D eigenvalue weighted by atomic mass is 9.84. The number of carbonyl (C=O) groups is 1. The van der Waals surface area contributed by atoms with Crippen molar-refractivity contribution in [2.24, 2.45) is 11.7 Å². The summed E-state index contributed by atoms with van der Waals surface area (Å²) in [6.45, 7) is 4.36. The molecule has 0 aromatic heterocycles. The van der Waals surface area contributed by atoms with Gasteiger partial charge in [-0.15, -0.1) is 0 Å². The van der Waals surface area contributed by atoms with Crippen LogP contribution in [0.15, 0.2) is 0 Å². The molecule has 100 valence electrons. The van der Waals surface area contributed by atoms with Gasteiger partial charge in [0.15, 0.2) is 0 Å². The van der Waals surface area contributed by atoms with Crippen LogP contribution in [-0.4, -0.2) is 18.0 Å². The van der Waals surface area contributed by atoms with E-state index in [4.69, 9.17) is 5.73 Å². The third-order valence-corrected chi connectivity index (χ3v) is 3.90. The number of nitrogens with two attached hydrogens (primary N) is 1. The van der Waals surface area contributed by atoms with Crippen molar-refractivity contribution in [2.45, 2.75) is 77.3 Å². The van der Waals surface area contributed by atoms with Crippen molar-refractivity contribution in [3.05, 3.63) is 0 Å². The van der Waals surface area contributed by atoms with Crippen molar-refractivity contribution in [1.82, 2.24) is 5.32 Å². The molecule has 0 saturated heterocycles. The van der Waals surface area contributed by atoms with E-state index in [9.17, 15) is 4.79 Å². The molecule has 0 radical (unpaired) electrons. The van der Waals surface area contributed by atoms with Gasteiger partial charge >= 0.3 is 0 Å². The first-order valence-electron chi connectivity index (χ1n) is 7.20. The molecule has 3 heteroatoms. The molecule has 1 aliphatic rings. The molecule has 1 atom stereocenters. The molecule has 1 saturated carbocycles. The van der Waals surface area contributed by atoms with Gasteiger partial charge in [-0.1, -0.05) is 26.7 Å². The van der Waals surface area contributed by atoms with E-state index in [1.807, 2.05) is 0 Å². The predicted octanol–water partition coefficient (Wildman–Crippen LogP) is 2.59. The standard InChI is InChI=1S/C14H28N2O/c1-3-5-12(15)10-14(17)16-13-8-6-11(4-2)7-9-13/h11-13H,3-10,15H2,1-2H3,(H,16,17). The molecule has 0 aromatic rings. The summed E-state index contributed by atoms with van der Waals surface area (Å²) in [5.74, 6) is 1.02. The molecule has 3 N–H and O–H groups in total. The van der Waals surface area contributed by atoms with Crippen LogP contribution in [0.3, 0.4) is 0 Å². The minimum absolute atomic E-state index is 0.0342. The average molecular weight is 240 g/mol. The second-order valence-corrected chi connectivity index (χ2v) is 5.45. The molecule has 1 rings (SSSR count). The van der Waals surface area contributed by atoms with Crippen LogP contribution in [0.2, 0.25) is 0 Å². The third-order valence-electron chi connectivity index (χ3n) is 3.90. The molecule has 0 spiro atoms. The second kappa shape index (κ2) is 7.70. The van der Waals surface area contributed by atoms with Gasteiger partial charge in [-0.2, -0.15) is 0 Å². The van der Waals surface area contributed by atoms with Crippen molar-refractivity contribution in [2.75, 3.05) is 0 Å². The molecule has 1 amide bonds. The van der Waals surface area contributed by atoms with Crippen LogP contribution in [0.1, 0.15) is 65.2 Å². The summed E-state index contributed by atoms with van der Waals surface area (Å²) in [7, 11) is 0. The largest absolute Gasteiger partial charge is 0.353 e. The van der Waals surface area contributed by atoms with E-state index in [1.54, 1.807) is 0 Å². The van der Waals surface area contributed by atoms with Crippen LogP contribution < -0.4 is 11.1 Å². The van der Waals surface area contributed by atoms with Crippen LogP contribution in [0, 0.1) is 5.92 Å². The minimum Gasteiger partial charge on any atom is -0.353 e. The molecule has 0 aliphatic heterocycles. The highest BCUT2D eigenvalue weighted by Gasteiger charge is 2.21. The summed E-state index contributed by atoms with van der Waals surface area (Å²) < 4.78 is 0. The Labute approximate surface area is 106 Å². The van der Waals surface area contributed by atoms with E-state index in [2.05, 4.69) is 19.2 Å². The first kappa shape index (κ1) is 14.5. The Balaban J connectivity index is 2.19. The van der Waals surface area contributed by atoms with Crippen molar-refractivity contribution < 1.29 is 4.79 Å². The number of carbonyl (C=O) groups excluding carboxylic acids is 1. The van der Waals surface area contributed by atoms with Crippen molar-refractivity contribution in [1.29, 1.82) is 0 Å². The van der Waals surface area contributed by atoms with E-state index in [0.29, 0.717) is 12.5 Å². The molecule has 0 bridgehead atoms. The maximum Gasteiger partial charge on any atom is 0.221 e. The lowest BCUT2D eigenvalue weighted by Gasteiger charge is -2.28. The van der Waals surface area contributed by atoms with Crippen LogP contribution in [0.25, 0.3) is 0 Å². The van der Waals surface area contributed by atoms with Crippen molar-refractivity contribution in [3.63, 3.8) is 0 Å². The fraction of sp³-hybridized carbons (Fsp3) is 0.929. The zero-order chi connectivity index (χ0) is 12.7. The topological polar surface area (TPSA) is 55.1 Å². The van der Waals surface area contributed by atoms with Crippen LogP contribution in [0.5, 0.6) is 0 Å². The molecule has 1 aliphatic carbocycles. The van der Waals surface area contributed by atoms with Gasteiger partial charge in [0, 0.05) is 18.5 Å². The third kappa shape index (κ3) is 5.53. The molecule has 17 heavy (non-hydrogen) atoms. The SMILES string of the molecule is CCCC(N)CC(=O)NC1CCC(CC)CC1. The summed E-state index contributed by atoms with van der Waals surface area (Å²) in [5, 5.41) is 3.13. The Hall–Kier alpha value is -0.570. The number of nitrogens with one attached hydrogen (secondary N) is 1. The highest BCUT2D eigenvalue weighted by atomic mass is 16.1. The predicted molar refractivity (Wildman–Crippen MR) is 71.7 cm³/mol. The van der Waals surface area contributed by atoms with Gasteiger partial charge in [0.2, 0.25) is 5.91 Å². The molecule has 3 nitrogen and oxygen atoms in total. The molecular weight excluding hydrogens is 212 g/mol. The first-order valence-corrected chi connectivity index (χ1v) is 7.20. The van der Waals surface area contributed by atoms with Gasteiger partial charge in [0.05, 0.1) is 0 Å². The Bertz CT molecular complexity index is 222. The monoisotopic (exact) mass is 240 g/mol. The zero-order valence-corrected chi connectivity index (χ0v) is 11.4. The van der Waals surface area contributed by atoms with Gasteiger partial charge < -0.3 is 11.1 Å². The molecule has 1 unspecified atom stereocenters. The van der Waals surface area contributed by atoms with Crippen LogP contribution in [0.4, 0.5) is 0 Å². The average Bonchev–Trinajstić information content (AvgIpc) is 2.30. The molecule has 1 fully saturated rings. The fourth-order valence-electron chi connectivity index (χ4n) is 2.71. The number of amides is 1. The first-order chi connectivity index (χ1) is 8.15. The van der Waals surface area contributed by atoms with Gasteiger partial charge in [-0.25, -0.2) is 0 Å². The molecule has 0 heterocycles. The highest BCUT2D eigenvalue weighted by molar-refractivity contribution is 5.76. The zero-order valence-electron chi connectivity index (χ0n) is 11.4. The lowest BCUT2D eigenvalue weighted by Crippen LogP contribution is -2.40. The summed E-state index contributed by atoms with van der Waals surface area (Å²) in [6.07, 6.45) is 8.58. The second-order valence-electron chi connectivity index (χ2n) is 5.45. The molecule has 0 aromatic carbocycles. The van der Waals surface area contributed by atoms with Crippen molar-refractivity contribution in [3.8, 4) is 0 Å². The summed E-state index contributed by atoms with van der Waals surface area (Å²) in [5.41, 5.74) is 5.87. The normalized spacial score (nSPS) is 26.5. The van der Waals surface area contributed by atoms with Gasteiger partial charge in [-0.05, 0) is 38.0 Å². The number of hydrogen-bond acceptors (Lipinski definition) is 2. The van der Waals surface area contributed by atoms with E-state index in [1.165, 1.54) is 19.3 Å². The Morgan fingerprint density at radius 1 is 1.29 bits per heavy atom. The quantitative estimate of drug-likeness (QED) is 0.750. The van der Waals surface area contributed by atoms with Crippen LogP contribution in [-0.2, 0) is 4.79 Å². The van der Waals surface area contributed by atoms with Crippen molar-refractivity contribution >= 4 is 5.91 Å². The van der Waals surface area contributed by atoms with Gasteiger partial charge in [0.25, 0.3) is 0 Å². The molecular formula is C14H28N2O. The maximum absolute atomic E-state index is 11.8. The maximum atomic E-state index is 11.8. The number of rotatable bonds is 6. The minimum atomic E-state index is 0.0342. The van der Waals surface area contributed by atoms with Gasteiger partial charge in [0.1, 0.15) is 0 Å². The smallest absolute Gasteiger partial charge is 0.221 e. The Morgan fingerprint density at radius 2 is 1.94 bits per heavy atom. The Kier molecular flexibility index (Phi) is 6.56. The van der Waals surface area contributed by atoms with E-state index < -0.39 is 0 Å².